The molecule has 1 heterocycles. The van der Waals surface area contributed by atoms with Gasteiger partial charge in [-0.1, -0.05) is 6.07 Å². The first kappa shape index (κ1) is 13.0. The third kappa shape index (κ3) is 2.64. The summed E-state index contributed by atoms with van der Waals surface area (Å²) in [6.45, 7) is 0. The molecule has 2 N–H and O–H groups in total. The van der Waals surface area contributed by atoms with E-state index in [1.165, 1.54) is 30.6 Å². The zero-order valence-corrected chi connectivity index (χ0v) is 10.7. The van der Waals surface area contributed by atoms with Crippen LogP contribution in [0.15, 0.2) is 48.8 Å². The fourth-order valence-corrected chi connectivity index (χ4v) is 1.99. The molecule has 0 fully saturated rings. The number of rotatable bonds is 3. The third-order valence-electron chi connectivity index (χ3n) is 2.97. The van der Waals surface area contributed by atoms with Crippen LogP contribution in [0.25, 0.3) is 10.9 Å². The van der Waals surface area contributed by atoms with Gasteiger partial charge in [0.1, 0.15) is 18.0 Å². The molecule has 104 valence electrons. The van der Waals surface area contributed by atoms with Crippen LogP contribution in [-0.4, -0.2) is 21.0 Å². The van der Waals surface area contributed by atoms with Crippen LogP contribution in [0.4, 0.5) is 15.9 Å². The van der Waals surface area contributed by atoms with Gasteiger partial charge in [0.15, 0.2) is 0 Å². The van der Waals surface area contributed by atoms with E-state index >= 15 is 0 Å². The molecule has 2 aromatic carbocycles. The number of carboxylic acid groups (broad SMARTS) is 1. The normalized spacial score (nSPS) is 10.5. The second-order valence-corrected chi connectivity index (χ2v) is 4.39. The zero-order valence-electron chi connectivity index (χ0n) is 10.7. The molecule has 0 unspecified atom stereocenters. The molecule has 3 rings (SSSR count). The van der Waals surface area contributed by atoms with Crippen LogP contribution < -0.4 is 5.32 Å². The molecule has 21 heavy (non-hydrogen) atoms. The maximum Gasteiger partial charge on any atom is 0.335 e. The lowest BCUT2D eigenvalue weighted by molar-refractivity contribution is 0.0697. The van der Waals surface area contributed by atoms with Crippen LogP contribution in [0.1, 0.15) is 10.4 Å². The zero-order chi connectivity index (χ0) is 14.8. The van der Waals surface area contributed by atoms with E-state index in [1.54, 1.807) is 18.2 Å². The van der Waals surface area contributed by atoms with E-state index in [1.807, 2.05) is 0 Å². The second kappa shape index (κ2) is 5.16. The van der Waals surface area contributed by atoms with E-state index in [0.717, 1.165) is 0 Å². The van der Waals surface area contributed by atoms with Crippen molar-refractivity contribution in [1.29, 1.82) is 0 Å². The highest BCUT2D eigenvalue weighted by Crippen LogP contribution is 2.24. The van der Waals surface area contributed by atoms with E-state index in [9.17, 15) is 9.18 Å². The Morgan fingerprint density at radius 3 is 2.76 bits per heavy atom. The minimum absolute atomic E-state index is 0.151. The van der Waals surface area contributed by atoms with Crippen molar-refractivity contribution in [3.8, 4) is 0 Å². The molecular formula is C15H10FN3O2. The average Bonchev–Trinajstić information content (AvgIpc) is 2.47. The van der Waals surface area contributed by atoms with E-state index < -0.39 is 5.97 Å². The maximum atomic E-state index is 13.2. The van der Waals surface area contributed by atoms with E-state index in [2.05, 4.69) is 15.3 Å². The SMILES string of the molecule is O=C(O)c1ccc2c(Nc3cccc(F)c3)ncnc2c1. The molecule has 1 aromatic heterocycles. The van der Waals surface area contributed by atoms with Gasteiger partial charge in [-0.05, 0) is 36.4 Å². The highest BCUT2D eigenvalue weighted by atomic mass is 19.1. The molecule has 0 radical (unpaired) electrons. The molecule has 3 aromatic rings. The number of nitrogens with zero attached hydrogens (tertiary/aromatic N) is 2. The van der Waals surface area contributed by atoms with Crippen molar-refractivity contribution in [2.75, 3.05) is 5.32 Å². The van der Waals surface area contributed by atoms with E-state index in [0.29, 0.717) is 22.4 Å². The third-order valence-corrected chi connectivity index (χ3v) is 2.97. The van der Waals surface area contributed by atoms with E-state index in [-0.39, 0.29) is 11.4 Å². The quantitative estimate of drug-likeness (QED) is 0.772. The standard InChI is InChI=1S/C15H10FN3O2/c16-10-2-1-3-11(7-10)19-14-12-5-4-9(15(20)21)6-13(12)17-8-18-14/h1-8H,(H,20,21)(H,17,18,19). The minimum Gasteiger partial charge on any atom is -0.478 e. The Balaban J connectivity index is 2.05. The number of hydrogen-bond acceptors (Lipinski definition) is 4. The van der Waals surface area contributed by atoms with Crippen molar-refractivity contribution < 1.29 is 14.3 Å². The summed E-state index contributed by atoms with van der Waals surface area (Å²) in [5.41, 5.74) is 1.21. The first-order chi connectivity index (χ1) is 10.1. The summed E-state index contributed by atoms with van der Waals surface area (Å²) in [4.78, 5) is 19.1. The van der Waals surface area contributed by atoms with Gasteiger partial charge in [0.2, 0.25) is 0 Å². The number of nitrogens with one attached hydrogen (secondary N) is 1. The molecule has 0 saturated carbocycles. The largest absolute Gasteiger partial charge is 0.478 e. The maximum absolute atomic E-state index is 13.2. The van der Waals surface area contributed by atoms with Gasteiger partial charge >= 0.3 is 5.97 Å². The first-order valence-corrected chi connectivity index (χ1v) is 6.14. The Morgan fingerprint density at radius 1 is 1.14 bits per heavy atom. The lowest BCUT2D eigenvalue weighted by Crippen LogP contribution is -1.99. The molecule has 0 saturated heterocycles. The van der Waals surface area contributed by atoms with Gasteiger partial charge in [0, 0.05) is 11.1 Å². The number of anilines is 2. The van der Waals surface area contributed by atoms with Crippen LogP contribution in [0, 0.1) is 5.82 Å². The predicted molar refractivity (Wildman–Crippen MR) is 76.2 cm³/mol. The number of aromatic carboxylic acids is 1. The topological polar surface area (TPSA) is 75.1 Å². The van der Waals surface area contributed by atoms with Crippen LogP contribution in [0.5, 0.6) is 0 Å². The lowest BCUT2D eigenvalue weighted by atomic mass is 10.1. The monoisotopic (exact) mass is 283 g/mol. The molecule has 0 aliphatic carbocycles. The molecule has 6 heteroatoms. The molecule has 0 aliphatic rings. The Hall–Kier alpha value is -3.02. The Morgan fingerprint density at radius 2 is 2.00 bits per heavy atom. The molecule has 0 spiro atoms. The van der Waals surface area contributed by atoms with Gasteiger partial charge < -0.3 is 10.4 Å². The number of fused-ring (bicyclic) bond motifs is 1. The van der Waals surface area contributed by atoms with Crippen LogP contribution >= 0.6 is 0 Å². The summed E-state index contributed by atoms with van der Waals surface area (Å²) in [5, 5.41) is 12.6. The average molecular weight is 283 g/mol. The van der Waals surface area contributed by atoms with Crippen molar-refractivity contribution in [2.24, 2.45) is 0 Å². The Bertz CT molecular complexity index is 836. The van der Waals surface area contributed by atoms with Crippen molar-refractivity contribution in [1.82, 2.24) is 9.97 Å². The molecule has 0 bridgehead atoms. The van der Waals surface area contributed by atoms with Crippen molar-refractivity contribution in [3.63, 3.8) is 0 Å². The predicted octanol–water partition coefficient (Wildman–Crippen LogP) is 3.21. The first-order valence-electron chi connectivity index (χ1n) is 6.14. The van der Waals surface area contributed by atoms with Gasteiger partial charge in [-0.2, -0.15) is 0 Å². The van der Waals surface area contributed by atoms with Crippen LogP contribution in [0.3, 0.4) is 0 Å². The summed E-state index contributed by atoms with van der Waals surface area (Å²) in [5.74, 6) is -0.885. The summed E-state index contributed by atoms with van der Waals surface area (Å²) >= 11 is 0. The molecule has 0 atom stereocenters. The molecule has 0 amide bonds. The highest BCUT2D eigenvalue weighted by molar-refractivity contribution is 5.97. The number of carboxylic acids is 1. The number of halogens is 1. The number of aromatic nitrogens is 2. The number of benzene rings is 2. The van der Waals surface area contributed by atoms with Gasteiger partial charge in [-0.15, -0.1) is 0 Å². The molecule has 5 nitrogen and oxygen atoms in total. The summed E-state index contributed by atoms with van der Waals surface area (Å²) in [6, 6.07) is 10.6. The second-order valence-electron chi connectivity index (χ2n) is 4.39. The van der Waals surface area contributed by atoms with Crippen LogP contribution in [0.2, 0.25) is 0 Å². The Kier molecular flexibility index (Phi) is 3.19. The summed E-state index contributed by atoms with van der Waals surface area (Å²) in [7, 11) is 0. The van der Waals surface area contributed by atoms with Crippen molar-refractivity contribution in [2.45, 2.75) is 0 Å². The molecule has 0 aliphatic heterocycles. The van der Waals surface area contributed by atoms with Gasteiger partial charge in [-0.25, -0.2) is 19.2 Å². The number of hydrogen-bond donors (Lipinski definition) is 2. The van der Waals surface area contributed by atoms with E-state index in [4.69, 9.17) is 5.11 Å². The Labute approximate surface area is 119 Å². The van der Waals surface area contributed by atoms with Gasteiger partial charge in [0.25, 0.3) is 0 Å². The smallest absolute Gasteiger partial charge is 0.335 e. The fourth-order valence-electron chi connectivity index (χ4n) is 1.99. The van der Waals surface area contributed by atoms with Crippen molar-refractivity contribution >= 4 is 28.4 Å². The van der Waals surface area contributed by atoms with Crippen molar-refractivity contribution in [3.05, 3.63) is 60.2 Å². The summed E-state index contributed by atoms with van der Waals surface area (Å²) in [6.07, 6.45) is 1.33. The molecular weight excluding hydrogens is 273 g/mol. The van der Waals surface area contributed by atoms with Gasteiger partial charge in [-0.3, -0.25) is 0 Å². The lowest BCUT2D eigenvalue weighted by Gasteiger charge is -2.08. The summed E-state index contributed by atoms with van der Waals surface area (Å²) < 4.78 is 13.2. The van der Waals surface area contributed by atoms with Gasteiger partial charge in [0.05, 0.1) is 11.1 Å². The van der Waals surface area contributed by atoms with Crippen LogP contribution in [-0.2, 0) is 0 Å². The highest BCUT2D eigenvalue weighted by Gasteiger charge is 2.08. The number of carbonyl (C=O) groups is 1. The minimum atomic E-state index is -1.02. The fraction of sp³-hybridized carbons (Fsp3) is 0.